The molecule has 0 bridgehead atoms. The molecule has 1 fully saturated rings. The highest BCUT2D eigenvalue weighted by Gasteiger charge is 2.25. The van der Waals surface area contributed by atoms with Gasteiger partial charge in [-0.1, -0.05) is 43.1 Å². The number of carbonyl (C=O) groups excluding carboxylic acids is 1. The van der Waals surface area contributed by atoms with Crippen LogP contribution in [-0.4, -0.2) is 50.6 Å². The summed E-state index contributed by atoms with van der Waals surface area (Å²) >= 11 is 3.24. The number of nitrogens with zero attached hydrogens (tertiary/aromatic N) is 1. The fraction of sp³-hybridized carbons (Fsp3) is 0.500. The lowest BCUT2D eigenvalue weighted by atomic mass is 10.1. The summed E-state index contributed by atoms with van der Waals surface area (Å²) in [4.78, 5) is 16.4. The Labute approximate surface area is 183 Å². The van der Waals surface area contributed by atoms with Crippen molar-refractivity contribution < 1.29 is 9.53 Å². The summed E-state index contributed by atoms with van der Waals surface area (Å²) in [7, 11) is 3.49. The first kappa shape index (κ1) is 23.7. The molecule has 7 heteroatoms. The van der Waals surface area contributed by atoms with Crippen LogP contribution in [-0.2, 0) is 0 Å². The molecule has 29 heavy (non-hydrogen) atoms. The predicted octanol–water partition coefficient (Wildman–Crippen LogP) is 4.59. The molecule has 160 valence electrons. The number of aryl methyl sites for hydroxylation is 1. The van der Waals surface area contributed by atoms with E-state index in [9.17, 15) is 4.79 Å². The Balaban J connectivity index is 2.32. The van der Waals surface area contributed by atoms with E-state index >= 15 is 0 Å². The SMILES string of the molecule is C=C(NC)S/C(=C\C)Sc1cc(C(=O)N2CCCNC(CC)C2)c(OC)cc1C. The number of thioether (sulfide) groups is 2. The van der Waals surface area contributed by atoms with Gasteiger partial charge >= 0.3 is 0 Å². The molecule has 0 saturated carbocycles. The second-order valence-corrected chi connectivity index (χ2v) is 9.45. The maximum atomic E-state index is 13.4. The Hall–Kier alpha value is -1.57. The van der Waals surface area contributed by atoms with E-state index in [1.165, 1.54) is 0 Å². The molecule has 1 unspecified atom stereocenters. The minimum absolute atomic E-state index is 0.0418. The molecule has 1 aliphatic heterocycles. The number of hydrogen-bond donors (Lipinski definition) is 2. The zero-order chi connectivity index (χ0) is 21.4. The Bertz CT molecular complexity index is 765. The number of ether oxygens (including phenoxy) is 1. The molecule has 0 aromatic heterocycles. The fourth-order valence-corrected chi connectivity index (χ4v) is 5.09. The van der Waals surface area contributed by atoms with Gasteiger partial charge in [0.2, 0.25) is 0 Å². The standard InChI is InChI=1S/C22H33N3O2S2/c1-7-17-14-25(11-9-10-24-17)22(26)18-13-20(15(3)12-19(18)27-6)29-21(8-2)28-16(4)23-5/h8,12-13,17,23-24H,4,7,9-11,14H2,1-3,5-6H3/b21-8+. The van der Waals surface area contributed by atoms with Gasteiger partial charge in [-0.3, -0.25) is 4.79 Å². The maximum Gasteiger partial charge on any atom is 0.257 e. The minimum atomic E-state index is 0.0418. The van der Waals surface area contributed by atoms with Crippen LogP contribution in [0, 0.1) is 6.92 Å². The lowest BCUT2D eigenvalue weighted by Gasteiger charge is -2.25. The van der Waals surface area contributed by atoms with Crippen molar-refractivity contribution in [3.63, 3.8) is 0 Å². The quantitative estimate of drug-likeness (QED) is 0.582. The summed E-state index contributed by atoms with van der Waals surface area (Å²) in [5, 5.41) is 7.47. The van der Waals surface area contributed by atoms with Crippen molar-refractivity contribution in [1.82, 2.24) is 15.5 Å². The molecule has 1 saturated heterocycles. The number of methoxy groups -OCH3 is 1. The van der Waals surface area contributed by atoms with Crippen LogP contribution in [0.3, 0.4) is 0 Å². The normalized spacial score (nSPS) is 17.6. The molecule has 0 spiro atoms. The highest BCUT2D eigenvalue weighted by Crippen LogP contribution is 2.40. The molecule has 2 N–H and O–H groups in total. The third-order valence-electron chi connectivity index (χ3n) is 4.93. The predicted molar refractivity (Wildman–Crippen MR) is 126 cm³/mol. The van der Waals surface area contributed by atoms with Gasteiger partial charge in [-0.2, -0.15) is 0 Å². The van der Waals surface area contributed by atoms with E-state index < -0.39 is 0 Å². The van der Waals surface area contributed by atoms with Crippen LogP contribution in [0.5, 0.6) is 5.75 Å². The number of benzene rings is 1. The van der Waals surface area contributed by atoms with E-state index in [4.69, 9.17) is 4.74 Å². The molecule has 1 aromatic carbocycles. The molecule has 1 amide bonds. The molecular weight excluding hydrogens is 402 g/mol. The average molecular weight is 436 g/mol. The van der Waals surface area contributed by atoms with E-state index in [0.29, 0.717) is 17.4 Å². The monoisotopic (exact) mass is 435 g/mol. The average Bonchev–Trinajstić information content (AvgIpc) is 2.99. The molecule has 1 atom stereocenters. The second kappa shape index (κ2) is 11.6. The van der Waals surface area contributed by atoms with Gasteiger partial charge < -0.3 is 20.3 Å². The fourth-order valence-electron chi connectivity index (χ4n) is 3.15. The van der Waals surface area contributed by atoms with Gasteiger partial charge in [0.1, 0.15) is 5.75 Å². The van der Waals surface area contributed by atoms with Gasteiger partial charge in [0.25, 0.3) is 5.91 Å². The highest BCUT2D eigenvalue weighted by molar-refractivity contribution is 8.24. The van der Waals surface area contributed by atoms with Crippen LogP contribution >= 0.6 is 23.5 Å². The smallest absolute Gasteiger partial charge is 0.257 e. The van der Waals surface area contributed by atoms with Crippen molar-refractivity contribution in [2.24, 2.45) is 0 Å². The first-order valence-corrected chi connectivity index (χ1v) is 11.7. The molecule has 5 nitrogen and oxygen atoms in total. The Morgan fingerprint density at radius 3 is 2.86 bits per heavy atom. The molecule has 0 aliphatic carbocycles. The lowest BCUT2D eigenvalue weighted by Crippen LogP contribution is -2.40. The number of rotatable bonds is 8. The Morgan fingerprint density at radius 1 is 1.48 bits per heavy atom. The van der Waals surface area contributed by atoms with E-state index in [1.54, 1.807) is 30.6 Å². The van der Waals surface area contributed by atoms with Crippen molar-refractivity contribution >= 4 is 29.4 Å². The summed E-state index contributed by atoms with van der Waals surface area (Å²) in [6, 6.07) is 4.28. The zero-order valence-corrected chi connectivity index (χ0v) is 19.8. The Morgan fingerprint density at radius 2 is 2.24 bits per heavy atom. The summed E-state index contributed by atoms with van der Waals surface area (Å²) in [5.41, 5.74) is 1.72. The molecule has 2 rings (SSSR count). The topological polar surface area (TPSA) is 53.6 Å². The molecule has 0 radical (unpaired) electrons. The molecular formula is C22H33N3O2S2. The van der Waals surface area contributed by atoms with Gasteiger partial charge in [-0.25, -0.2) is 0 Å². The van der Waals surface area contributed by atoms with E-state index in [0.717, 1.165) is 52.2 Å². The lowest BCUT2D eigenvalue weighted by molar-refractivity contribution is 0.0748. The van der Waals surface area contributed by atoms with Crippen LogP contribution < -0.4 is 15.4 Å². The first-order valence-electron chi connectivity index (χ1n) is 10.0. The van der Waals surface area contributed by atoms with Crippen LogP contribution in [0.1, 0.15) is 42.6 Å². The van der Waals surface area contributed by atoms with Gasteiger partial charge in [0.15, 0.2) is 0 Å². The maximum absolute atomic E-state index is 13.4. The van der Waals surface area contributed by atoms with E-state index in [-0.39, 0.29) is 5.91 Å². The summed E-state index contributed by atoms with van der Waals surface area (Å²) in [6.45, 7) is 12.7. The summed E-state index contributed by atoms with van der Waals surface area (Å²) < 4.78 is 6.69. The zero-order valence-electron chi connectivity index (χ0n) is 18.1. The van der Waals surface area contributed by atoms with Gasteiger partial charge in [-0.15, -0.1) is 0 Å². The highest BCUT2D eigenvalue weighted by atomic mass is 32.2. The number of nitrogens with one attached hydrogen (secondary N) is 2. The number of carbonyl (C=O) groups is 1. The van der Waals surface area contributed by atoms with Crippen molar-refractivity contribution in [2.45, 2.75) is 44.6 Å². The van der Waals surface area contributed by atoms with Crippen LogP contribution in [0.25, 0.3) is 0 Å². The van der Waals surface area contributed by atoms with Crippen molar-refractivity contribution in [1.29, 1.82) is 0 Å². The first-order chi connectivity index (χ1) is 13.9. The van der Waals surface area contributed by atoms with Crippen LogP contribution in [0.2, 0.25) is 0 Å². The third-order valence-corrected chi connectivity index (χ3v) is 7.42. The van der Waals surface area contributed by atoms with Gasteiger partial charge in [0, 0.05) is 35.3 Å². The van der Waals surface area contributed by atoms with Gasteiger partial charge in [-0.05, 0) is 50.9 Å². The third kappa shape index (κ3) is 6.46. The number of amides is 1. The molecule has 1 heterocycles. The molecule has 1 aliphatic rings. The second-order valence-electron chi connectivity index (χ2n) is 6.97. The molecule has 1 aromatic rings. The summed E-state index contributed by atoms with van der Waals surface area (Å²) in [6.07, 6.45) is 4.03. The van der Waals surface area contributed by atoms with Crippen molar-refractivity contribution in [2.75, 3.05) is 33.8 Å². The largest absolute Gasteiger partial charge is 0.496 e. The number of allylic oxidation sites excluding steroid dienone is 1. The number of hydrogen-bond acceptors (Lipinski definition) is 6. The van der Waals surface area contributed by atoms with Crippen molar-refractivity contribution in [3.05, 3.63) is 45.2 Å². The van der Waals surface area contributed by atoms with Gasteiger partial charge in [0.05, 0.1) is 17.7 Å². The van der Waals surface area contributed by atoms with E-state index in [2.05, 4.69) is 30.2 Å². The van der Waals surface area contributed by atoms with Crippen LogP contribution in [0.4, 0.5) is 0 Å². The Kier molecular flexibility index (Phi) is 9.46. The summed E-state index contributed by atoms with van der Waals surface area (Å²) in [5.74, 6) is 0.677. The van der Waals surface area contributed by atoms with Crippen LogP contribution in [0.15, 0.2) is 38.9 Å². The van der Waals surface area contributed by atoms with E-state index in [1.807, 2.05) is 37.9 Å². The minimum Gasteiger partial charge on any atom is -0.496 e. The van der Waals surface area contributed by atoms with Crippen molar-refractivity contribution in [3.8, 4) is 5.75 Å².